The number of hydrogen-bond acceptors (Lipinski definition) is 4. The summed E-state index contributed by atoms with van der Waals surface area (Å²) in [5.74, 6) is -0.577. The monoisotopic (exact) mass is 360 g/mol. The Bertz CT molecular complexity index is 630. The van der Waals surface area contributed by atoms with Crippen LogP contribution in [-0.4, -0.2) is 41.3 Å². The fourth-order valence-electron chi connectivity index (χ4n) is 3.24. The third-order valence-electron chi connectivity index (χ3n) is 4.41. The zero-order valence-corrected chi connectivity index (χ0v) is 15.7. The number of amides is 2. The lowest BCUT2D eigenvalue weighted by atomic mass is 10.0. The highest BCUT2D eigenvalue weighted by atomic mass is 16.5. The van der Waals surface area contributed by atoms with E-state index < -0.39 is 12.1 Å². The van der Waals surface area contributed by atoms with Gasteiger partial charge in [-0.05, 0) is 30.7 Å². The third kappa shape index (κ3) is 5.58. The second-order valence-electron chi connectivity index (χ2n) is 7.17. The van der Waals surface area contributed by atoms with Crippen LogP contribution in [0.25, 0.3) is 0 Å². The van der Waals surface area contributed by atoms with E-state index in [4.69, 9.17) is 4.74 Å². The summed E-state index contributed by atoms with van der Waals surface area (Å²) in [6.07, 6.45) is 1.89. The van der Waals surface area contributed by atoms with Gasteiger partial charge < -0.3 is 15.0 Å². The Morgan fingerprint density at radius 1 is 1.23 bits per heavy atom. The molecule has 1 aliphatic heterocycles. The number of esters is 1. The molecule has 1 saturated heterocycles. The highest BCUT2D eigenvalue weighted by Crippen LogP contribution is 2.21. The van der Waals surface area contributed by atoms with E-state index in [2.05, 4.69) is 5.32 Å². The van der Waals surface area contributed by atoms with Crippen molar-refractivity contribution in [3.05, 3.63) is 35.9 Å². The van der Waals surface area contributed by atoms with Gasteiger partial charge in [0.2, 0.25) is 11.8 Å². The molecular weight excluding hydrogens is 332 g/mol. The number of carbonyl (C=O) groups is 3. The first-order valence-corrected chi connectivity index (χ1v) is 9.16. The van der Waals surface area contributed by atoms with Gasteiger partial charge in [0.15, 0.2) is 0 Å². The summed E-state index contributed by atoms with van der Waals surface area (Å²) in [5, 5.41) is 2.72. The number of rotatable bonds is 7. The SMILES string of the molecule is CC(=O)N[C@@H](CC(C)C)C(=O)N1CCC[C@H]1C(=O)OCc1ccccc1. The summed E-state index contributed by atoms with van der Waals surface area (Å²) in [5.41, 5.74) is 0.910. The van der Waals surface area contributed by atoms with Gasteiger partial charge in [0.25, 0.3) is 0 Å². The Hall–Kier alpha value is -2.37. The molecule has 0 spiro atoms. The zero-order chi connectivity index (χ0) is 19.1. The quantitative estimate of drug-likeness (QED) is 0.757. The Balaban J connectivity index is 2.01. The van der Waals surface area contributed by atoms with Crippen LogP contribution in [0, 0.1) is 5.92 Å². The fraction of sp³-hybridized carbons (Fsp3) is 0.550. The zero-order valence-electron chi connectivity index (χ0n) is 15.7. The van der Waals surface area contributed by atoms with Gasteiger partial charge in [0.1, 0.15) is 18.7 Å². The van der Waals surface area contributed by atoms with E-state index in [1.807, 2.05) is 44.2 Å². The van der Waals surface area contributed by atoms with Crippen LogP contribution in [0.2, 0.25) is 0 Å². The first-order valence-electron chi connectivity index (χ1n) is 9.16. The van der Waals surface area contributed by atoms with Crippen molar-refractivity contribution >= 4 is 17.8 Å². The lowest BCUT2D eigenvalue weighted by Gasteiger charge is -2.28. The van der Waals surface area contributed by atoms with Gasteiger partial charge in [-0.25, -0.2) is 4.79 Å². The van der Waals surface area contributed by atoms with Gasteiger partial charge in [-0.3, -0.25) is 9.59 Å². The molecular formula is C20H28N2O4. The summed E-state index contributed by atoms with van der Waals surface area (Å²) < 4.78 is 5.41. The van der Waals surface area contributed by atoms with E-state index in [1.54, 1.807) is 4.90 Å². The Labute approximate surface area is 154 Å². The highest BCUT2D eigenvalue weighted by Gasteiger charge is 2.38. The molecule has 0 aromatic heterocycles. The van der Waals surface area contributed by atoms with Crippen LogP contribution >= 0.6 is 0 Å². The number of ether oxygens (including phenoxy) is 1. The van der Waals surface area contributed by atoms with E-state index in [0.29, 0.717) is 19.4 Å². The third-order valence-corrected chi connectivity index (χ3v) is 4.41. The maximum Gasteiger partial charge on any atom is 0.329 e. The molecule has 2 atom stereocenters. The molecule has 0 aliphatic carbocycles. The smallest absolute Gasteiger partial charge is 0.329 e. The molecule has 0 radical (unpaired) electrons. The minimum absolute atomic E-state index is 0.194. The van der Waals surface area contributed by atoms with Crippen molar-refractivity contribution in [3.63, 3.8) is 0 Å². The molecule has 0 bridgehead atoms. The molecule has 1 N–H and O–H groups in total. The average molecular weight is 360 g/mol. The van der Waals surface area contributed by atoms with Crippen molar-refractivity contribution < 1.29 is 19.1 Å². The highest BCUT2D eigenvalue weighted by molar-refractivity contribution is 5.90. The van der Waals surface area contributed by atoms with E-state index in [-0.39, 0.29) is 30.3 Å². The largest absolute Gasteiger partial charge is 0.459 e. The molecule has 6 heteroatoms. The molecule has 26 heavy (non-hydrogen) atoms. The maximum atomic E-state index is 12.9. The number of hydrogen-bond donors (Lipinski definition) is 1. The molecule has 6 nitrogen and oxygen atoms in total. The first-order chi connectivity index (χ1) is 12.4. The van der Waals surface area contributed by atoms with Gasteiger partial charge in [0.05, 0.1) is 0 Å². The van der Waals surface area contributed by atoms with Crippen molar-refractivity contribution in [2.24, 2.45) is 5.92 Å². The standard InChI is InChI=1S/C20H28N2O4/c1-14(2)12-17(21-15(3)23)19(24)22-11-7-10-18(22)20(25)26-13-16-8-5-4-6-9-16/h4-6,8-9,14,17-18H,7,10-13H2,1-3H3,(H,21,23)/t17-,18-/m0/s1. The maximum absolute atomic E-state index is 12.9. The van der Waals surface area contributed by atoms with E-state index in [0.717, 1.165) is 12.0 Å². The van der Waals surface area contributed by atoms with E-state index in [1.165, 1.54) is 6.92 Å². The molecule has 1 fully saturated rings. The fourth-order valence-corrected chi connectivity index (χ4v) is 3.24. The Morgan fingerprint density at radius 2 is 1.92 bits per heavy atom. The van der Waals surface area contributed by atoms with Gasteiger partial charge >= 0.3 is 5.97 Å². The van der Waals surface area contributed by atoms with Crippen LogP contribution < -0.4 is 5.32 Å². The summed E-state index contributed by atoms with van der Waals surface area (Å²) in [7, 11) is 0. The summed E-state index contributed by atoms with van der Waals surface area (Å²) >= 11 is 0. The summed E-state index contributed by atoms with van der Waals surface area (Å²) in [6, 6.07) is 8.28. The number of nitrogens with one attached hydrogen (secondary N) is 1. The molecule has 0 unspecified atom stereocenters. The second kappa shape index (κ2) is 9.36. The van der Waals surface area contributed by atoms with Crippen LogP contribution in [0.5, 0.6) is 0 Å². The van der Waals surface area contributed by atoms with Crippen molar-refractivity contribution in [2.45, 2.75) is 58.7 Å². The topological polar surface area (TPSA) is 75.7 Å². The number of benzene rings is 1. The predicted octanol–water partition coefficient (Wildman–Crippen LogP) is 2.27. The number of nitrogens with zero attached hydrogens (tertiary/aromatic N) is 1. The lowest BCUT2D eigenvalue weighted by Crippen LogP contribution is -2.52. The molecule has 2 amide bonds. The van der Waals surface area contributed by atoms with E-state index in [9.17, 15) is 14.4 Å². The molecule has 1 aromatic rings. The van der Waals surface area contributed by atoms with Gasteiger partial charge in [0, 0.05) is 13.5 Å². The number of carbonyl (C=O) groups excluding carboxylic acids is 3. The van der Waals surface area contributed by atoms with Crippen molar-refractivity contribution in [1.82, 2.24) is 10.2 Å². The minimum Gasteiger partial charge on any atom is -0.459 e. The van der Waals surface area contributed by atoms with E-state index >= 15 is 0 Å². The Kier molecular flexibility index (Phi) is 7.18. The molecule has 142 valence electrons. The predicted molar refractivity (Wildman–Crippen MR) is 98.0 cm³/mol. The van der Waals surface area contributed by atoms with Gasteiger partial charge in [-0.15, -0.1) is 0 Å². The van der Waals surface area contributed by atoms with Crippen LogP contribution in [0.3, 0.4) is 0 Å². The van der Waals surface area contributed by atoms with Crippen LogP contribution in [0.4, 0.5) is 0 Å². The molecule has 1 heterocycles. The van der Waals surface area contributed by atoms with Crippen molar-refractivity contribution in [3.8, 4) is 0 Å². The van der Waals surface area contributed by atoms with Gasteiger partial charge in [-0.2, -0.15) is 0 Å². The molecule has 1 aromatic carbocycles. The van der Waals surface area contributed by atoms with Crippen molar-refractivity contribution in [2.75, 3.05) is 6.54 Å². The van der Waals surface area contributed by atoms with Crippen LogP contribution in [0.1, 0.15) is 45.6 Å². The molecule has 2 rings (SSSR count). The van der Waals surface area contributed by atoms with Crippen LogP contribution in [-0.2, 0) is 25.7 Å². The molecule has 0 saturated carbocycles. The summed E-state index contributed by atoms with van der Waals surface area (Å²) in [4.78, 5) is 38.4. The van der Waals surface area contributed by atoms with Crippen LogP contribution in [0.15, 0.2) is 30.3 Å². The normalized spacial score (nSPS) is 17.8. The van der Waals surface area contributed by atoms with Gasteiger partial charge in [-0.1, -0.05) is 44.2 Å². The molecule has 1 aliphatic rings. The second-order valence-corrected chi connectivity index (χ2v) is 7.17. The summed E-state index contributed by atoms with van der Waals surface area (Å²) in [6.45, 7) is 6.10. The number of likely N-dealkylation sites (tertiary alicyclic amines) is 1. The van der Waals surface area contributed by atoms with Crippen molar-refractivity contribution in [1.29, 1.82) is 0 Å². The average Bonchev–Trinajstić information content (AvgIpc) is 3.08. The minimum atomic E-state index is -0.602. The lowest BCUT2D eigenvalue weighted by molar-refractivity contribution is -0.155. The first kappa shape index (κ1) is 19.9. The Morgan fingerprint density at radius 3 is 2.54 bits per heavy atom.